The zero-order valence-corrected chi connectivity index (χ0v) is 8.64. The van der Waals surface area contributed by atoms with Crippen LogP contribution < -0.4 is 0 Å². The number of aliphatic hydroxyl groups is 1. The SMILES string of the molecule is CCC[C@]1(C)CC[C@H](O)[C@@H](C)C1. The number of hydrogen-bond donors (Lipinski definition) is 1. The molecule has 0 aromatic heterocycles. The maximum absolute atomic E-state index is 9.58. The fraction of sp³-hybridized carbons (Fsp3) is 1.00. The van der Waals surface area contributed by atoms with Crippen molar-refractivity contribution in [2.45, 2.75) is 59.0 Å². The van der Waals surface area contributed by atoms with Gasteiger partial charge in [0.2, 0.25) is 0 Å². The second kappa shape index (κ2) is 3.78. The Bertz CT molecular complexity index is 144. The number of rotatable bonds is 2. The van der Waals surface area contributed by atoms with Crippen LogP contribution in [0.2, 0.25) is 0 Å². The van der Waals surface area contributed by atoms with Gasteiger partial charge in [0.05, 0.1) is 6.10 Å². The molecule has 0 heterocycles. The summed E-state index contributed by atoms with van der Waals surface area (Å²) in [6, 6.07) is 0. The van der Waals surface area contributed by atoms with Gasteiger partial charge in [0.1, 0.15) is 0 Å². The standard InChI is InChI=1S/C11H22O/c1-4-6-11(3)7-5-10(12)9(2)8-11/h9-10,12H,4-8H2,1-3H3/t9-,10-,11+/m0/s1. The lowest BCUT2D eigenvalue weighted by atomic mass is 9.68. The molecule has 0 spiro atoms. The molecule has 0 amide bonds. The number of aliphatic hydroxyl groups excluding tert-OH is 1. The summed E-state index contributed by atoms with van der Waals surface area (Å²) in [5.41, 5.74) is 0.521. The second-order valence-electron chi connectivity index (χ2n) is 4.85. The summed E-state index contributed by atoms with van der Waals surface area (Å²) in [7, 11) is 0. The van der Waals surface area contributed by atoms with Crippen molar-refractivity contribution in [1.82, 2.24) is 0 Å². The van der Waals surface area contributed by atoms with Crippen LogP contribution in [-0.2, 0) is 0 Å². The van der Waals surface area contributed by atoms with E-state index in [1.165, 1.54) is 25.7 Å². The summed E-state index contributed by atoms with van der Waals surface area (Å²) in [5.74, 6) is 0.510. The van der Waals surface area contributed by atoms with Gasteiger partial charge in [-0.3, -0.25) is 0 Å². The Hall–Kier alpha value is -0.0400. The van der Waals surface area contributed by atoms with E-state index in [1.54, 1.807) is 0 Å². The minimum Gasteiger partial charge on any atom is -0.393 e. The summed E-state index contributed by atoms with van der Waals surface area (Å²) >= 11 is 0. The zero-order chi connectivity index (χ0) is 9.19. The molecule has 1 saturated carbocycles. The van der Waals surface area contributed by atoms with Gasteiger partial charge in [-0.15, -0.1) is 0 Å². The molecule has 1 fully saturated rings. The number of hydrogen-bond acceptors (Lipinski definition) is 1. The topological polar surface area (TPSA) is 20.2 Å². The molecule has 0 aromatic rings. The van der Waals surface area contributed by atoms with Crippen molar-refractivity contribution in [2.75, 3.05) is 0 Å². The quantitative estimate of drug-likeness (QED) is 0.675. The molecule has 1 nitrogen and oxygen atoms in total. The van der Waals surface area contributed by atoms with Crippen LogP contribution in [0.5, 0.6) is 0 Å². The smallest absolute Gasteiger partial charge is 0.0566 e. The molecule has 0 radical (unpaired) electrons. The average molecular weight is 170 g/mol. The minimum absolute atomic E-state index is 0.0325. The van der Waals surface area contributed by atoms with E-state index in [-0.39, 0.29) is 6.10 Å². The highest BCUT2D eigenvalue weighted by Crippen LogP contribution is 2.42. The molecular formula is C11H22O. The summed E-state index contributed by atoms with van der Waals surface area (Å²) < 4.78 is 0. The van der Waals surface area contributed by atoms with Crippen molar-refractivity contribution in [3.05, 3.63) is 0 Å². The molecular weight excluding hydrogens is 148 g/mol. The van der Waals surface area contributed by atoms with E-state index in [4.69, 9.17) is 0 Å². The van der Waals surface area contributed by atoms with Gasteiger partial charge in [-0.25, -0.2) is 0 Å². The zero-order valence-electron chi connectivity index (χ0n) is 8.64. The highest BCUT2D eigenvalue weighted by molar-refractivity contribution is 4.85. The van der Waals surface area contributed by atoms with E-state index in [1.807, 2.05) is 0 Å². The molecule has 0 unspecified atom stereocenters. The van der Waals surface area contributed by atoms with E-state index < -0.39 is 0 Å². The Kier molecular flexibility index (Phi) is 3.16. The first-order valence-corrected chi connectivity index (χ1v) is 5.25. The van der Waals surface area contributed by atoms with Crippen LogP contribution in [-0.4, -0.2) is 11.2 Å². The van der Waals surface area contributed by atoms with E-state index in [0.717, 1.165) is 6.42 Å². The Balaban J connectivity index is 2.48. The lowest BCUT2D eigenvalue weighted by Gasteiger charge is -2.39. The van der Waals surface area contributed by atoms with Gasteiger partial charge >= 0.3 is 0 Å². The Labute approximate surface area is 76.2 Å². The van der Waals surface area contributed by atoms with Crippen molar-refractivity contribution in [2.24, 2.45) is 11.3 Å². The third-order valence-electron chi connectivity index (χ3n) is 3.37. The van der Waals surface area contributed by atoms with E-state index in [0.29, 0.717) is 11.3 Å². The van der Waals surface area contributed by atoms with Crippen molar-refractivity contribution < 1.29 is 5.11 Å². The predicted molar refractivity (Wildman–Crippen MR) is 52.0 cm³/mol. The van der Waals surface area contributed by atoms with Gasteiger partial charge in [-0.05, 0) is 37.0 Å². The molecule has 0 aromatic carbocycles. The molecule has 1 heteroatoms. The van der Waals surface area contributed by atoms with Crippen LogP contribution in [0, 0.1) is 11.3 Å². The van der Waals surface area contributed by atoms with Crippen LogP contribution in [0.25, 0.3) is 0 Å². The van der Waals surface area contributed by atoms with Crippen LogP contribution in [0.4, 0.5) is 0 Å². The lowest BCUT2D eigenvalue weighted by Crippen LogP contribution is -2.33. The van der Waals surface area contributed by atoms with Gasteiger partial charge in [0.15, 0.2) is 0 Å². The largest absolute Gasteiger partial charge is 0.393 e. The molecule has 0 aliphatic heterocycles. The second-order valence-corrected chi connectivity index (χ2v) is 4.85. The molecule has 72 valence electrons. The molecule has 1 aliphatic carbocycles. The molecule has 1 N–H and O–H groups in total. The highest BCUT2D eigenvalue weighted by atomic mass is 16.3. The van der Waals surface area contributed by atoms with E-state index in [9.17, 15) is 5.11 Å². The van der Waals surface area contributed by atoms with E-state index >= 15 is 0 Å². The van der Waals surface area contributed by atoms with Gasteiger partial charge < -0.3 is 5.11 Å². The predicted octanol–water partition coefficient (Wildman–Crippen LogP) is 2.97. The lowest BCUT2D eigenvalue weighted by molar-refractivity contribution is 0.0192. The third-order valence-corrected chi connectivity index (χ3v) is 3.37. The first-order chi connectivity index (χ1) is 5.57. The fourth-order valence-electron chi connectivity index (χ4n) is 2.63. The van der Waals surface area contributed by atoms with Gasteiger partial charge in [0.25, 0.3) is 0 Å². The van der Waals surface area contributed by atoms with Crippen LogP contribution in [0.3, 0.4) is 0 Å². The third kappa shape index (κ3) is 2.22. The minimum atomic E-state index is -0.0325. The van der Waals surface area contributed by atoms with Crippen molar-refractivity contribution in [3.63, 3.8) is 0 Å². The fourth-order valence-corrected chi connectivity index (χ4v) is 2.63. The summed E-state index contributed by atoms with van der Waals surface area (Å²) in [6.45, 7) is 6.80. The monoisotopic (exact) mass is 170 g/mol. The van der Waals surface area contributed by atoms with E-state index in [2.05, 4.69) is 20.8 Å². The van der Waals surface area contributed by atoms with Crippen LogP contribution in [0.1, 0.15) is 52.9 Å². The molecule has 12 heavy (non-hydrogen) atoms. The molecule has 0 bridgehead atoms. The average Bonchev–Trinajstić information content (AvgIpc) is 1.98. The molecule has 3 atom stereocenters. The summed E-state index contributed by atoms with van der Waals surface area (Å²) in [6.07, 6.45) is 6.00. The first-order valence-electron chi connectivity index (χ1n) is 5.25. The maximum Gasteiger partial charge on any atom is 0.0566 e. The molecule has 1 rings (SSSR count). The summed E-state index contributed by atoms with van der Waals surface area (Å²) in [4.78, 5) is 0. The Morgan fingerprint density at radius 2 is 2.17 bits per heavy atom. The molecule has 0 saturated heterocycles. The first kappa shape index (κ1) is 10.0. The van der Waals surface area contributed by atoms with Crippen molar-refractivity contribution >= 4 is 0 Å². The Morgan fingerprint density at radius 3 is 2.67 bits per heavy atom. The van der Waals surface area contributed by atoms with Crippen molar-refractivity contribution in [3.8, 4) is 0 Å². The maximum atomic E-state index is 9.58. The van der Waals surface area contributed by atoms with Gasteiger partial charge in [-0.2, -0.15) is 0 Å². The normalized spacial score (nSPS) is 43.0. The van der Waals surface area contributed by atoms with Gasteiger partial charge in [0, 0.05) is 0 Å². The Morgan fingerprint density at radius 1 is 1.50 bits per heavy atom. The van der Waals surface area contributed by atoms with Crippen LogP contribution >= 0.6 is 0 Å². The highest BCUT2D eigenvalue weighted by Gasteiger charge is 2.33. The summed E-state index contributed by atoms with van der Waals surface area (Å²) in [5, 5.41) is 9.58. The van der Waals surface area contributed by atoms with Crippen molar-refractivity contribution in [1.29, 1.82) is 0 Å². The molecule has 1 aliphatic rings. The van der Waals surface area contributed by atoms with Crippen LogP contribution in [0.15, 0.2) is 0 Å². The van der Waals surface area contributed by atoms with Gasteiger partial charge in [-0.1, -0.05) is 27.2 Å².